The topological polar surface area (TPSA) is 91.6 Å². The molecule has 3 rings (SSSR count). The van der Waals surface area contributed by atoms with Gasteiger partial charge in [-0.25, -0.2) is 8.42 Å². The molecule has 1 aliphatic rings. The molecule has 2 heterocycles. The fourth-order valence-corrected chi connectivity index (χ4v) is 5.73. The van der Waals surface area contributed by atoms with Crippen LogP contribution in [0.15, 0.2) is 29.2 Å². The molecular weight excluding hydrogens is 390 g/mol. The van der Waals surface area contributed by atoms with E-state index in [0.717, 1.165) is 29.4 Å². The molecule has 2 N–H and O–H groups in total. The van der Waals surface area contributed by atoms with Crippen LogP contribution in [-0.2, 0) is 21.9 Å². The highest BCUT2D eigenvalue weighted by atomic mass is 35.5. The summed E-state index contributed by atoms with van der Waals surface area (Å²) in [6, 6.07) is 7.54. The highest BCUT2D eigenvalue weighted by Gasteiger charge is 2.33. The lowest BCUT2D eigenvalue weighted by Gasteiger charge is -2.32. The van der Waals surface area contributed by atoms with Gasteiger partial charge in [-0.15, -0.1) is 12.4 Å². The standard InChI is InChI=1S/C18H25N3O4S.ClH/c1-13-18(15-7-3-4-8-16(15)20(13)2)26(24,25)21-9-5-6-14(12-21)10-19-11-17(22)23;/h3-4,7-8,14,19H,5-6,9-12H2,1-2H3,(H,22,23);1H. The Morgan fingerprint density at radius 2 is 2.04 bits per heavy atom. The normalized spacial score (nSPS) is 18.4. The Balaban J connectivity index is 0.00000261. The molecule has 2 aromatic rings. The quantitative estimate of drug-likeness (QED) is 0.752. The summed E-state index contributed by atoms with van der Waals surface area (Å²) < 4.78 is 30.2. The lowest BCUT2D eigenvalue weighted by molar-refractivity contribution is -0.136. The molecule has 27 heavy (non-hydrogen) atoms. The minimum atomic E-state index is -3.60. The molecule has 9 heteroatoms. The molecule has 0 aliphatic carbocycles. The fourth-order valence-electron chi connectivity index (χ4n) is 3.74. The molecule has 1 fully saturated rings. The van der Waals surface area contributed by atoms with Crippen LogP contribution in [0.2, 0.25) is 0 Å². The van der Waals surface area contributed by atoms with Crippen molar-refractivity contribution in [2.24, 2.45) is 13.0 Å². The Kier molecular flexibility index (Phi) is 6.91. The number of carboxylic acids is 1. The Hall–Kier alpha value is -1.61. The predicted octanol–water partition coefficient (Wildman–Crippen LogP) is 1.98. The molecular formula is C18H26ClN3O4S. The number of para-hydroxylation sites is 1. The number of nitrogens with one attached hydrogen (secondary N) is 1. The second-order valence-electron chi connectivity index (χ2n) is 6.89. The molecule has 1 unspecified atom stereocenters. The van der Waals surface area contributed by atoms with E-state index >= 15 is 0 Å². The van der Waals surface area contributed by atoms with Gasteiger partial charge in [-0.05, 0) is 38.3 Å². The second kappa shape index (κ2) is 8.60. The molecule has 1 atom stereocenters. The number of halogens is 1. The molecule has 0 bridgehead atoms. The molecule has 0 radical (unpaired) electrons. The number of benzene rings is 1. The van der Waals surface area contributed by atoms with Crippen molar-refractivity contribution in [3.05, 3.63) is 30.0 Å². The number of fused-ring (bicyclic) bond motifs is 1. The zero-order chi connectivity index (χ0) is 18.9. The van der Waals surface area contributed by atoms with Crippen LogP contribution in [0.1, 0.15) is 18.5 Å². The number of aliphatic carboxylic acids is 1. The van der Waals surface area contributed by atoms with E-state index in [-0.39, 0.29) is 24.9 Å². The number of nitrogens with zero attached hydrogens (tertiary/aromatic N) is 2. The van der Waals surface area contributed by atoms with E-state index in [9.17, 15) is 13.2 Å². The number of rotatable bonds is 6. The van der Waals surface area contributed by atoms with E-state index in [1.165, 1.54) is 0 Å². The molecule has 150 valence electrons. The van der Waals surface area contributed by atoms with Gasteiger partial charge in [0.1, 0.15) is 4.90 Å². The van der Waals surface area contributed by atoms with Crippen molar-refractivity contribution in [1.29, 1.82) is 0 Å². The van der Waals surface area contributed by atoms with E-state index < -0.39 is 16.0 Å². The van der Waals surface area contributed by atoms with Crippen molar-refractivity contribution in [2.75, 3.05) is 26.2 Å². The summed E-state index contributed by atoms with van der Waals surface area (Å²) in [5.74, 6) is -0.787. The zero-order valence-electron chi connectivity index (χ0n) is 15.5. The number of aromatic nitrogens is 1. The van der Waals surface area contributed by atoms with Crippen molar-refractivity contribution in [1.82, 2.24) is 14.2 Å². The van der Waals surface area contributed by atoms with Crippen LogP contribution in [0.5, 0.6) is 0 Å². The van der Waals surface area contributed by atoms with Gasteiger partial charge in [-0.2, -0.15) is 4.31 Å². The van der Waals surface area contributed by atoms with Crippen LogP contribution < -0.4 is 5.32 Å². The molecule has 1 aromatic carbocycles. The number of aryl methyl sites for hydroxylation is 1. The lowest BCUT2D eigenvalue weighted by Crippen LogP contribution is -2.43. The predicted molar refractivity (Wildman–Crippen MR) is 107 cm³/mol. The Morgan fingerprint density at radius 3 is 2.74 bits per heavy atom. The van der Waals surface area contributed by atoms with E-state index in [2.05, 4.69) is 5.32 Å². The van der Waals surface area contributed by atoms with Crippen LogP contribution in [0.4, 0.5) is 0 Å². The van der Waals surface area contributed by atoms with Crippen LogP contribution in [-0.4, -0.2) is 54.5 Å². The average molecular weight is 416 g/mol. The van der Waals surface area contributed by atoms with Crippen molar-refractivity contribution in [3.8, 4) is 0 Å². The summed E-state index contributed by atoms with van der Waals surface area (Å²) in [6.07, 6.45) is 1.68. The molecule has 1 aliphatic heterocycles. The minimum absolute atomic E-state index is 0. The third kappa shape index (κ3) is 4.29. The minimum Gasteiger partial charge on any atom is -0.480 e. The maximum atomic E-state index is 13.4. The van der Waals surface area contributed by atoms with Crippen molar-refractivity contribution in [2.45, 2.75) is 24.7 Å². The van der Waals surface area contributed by atoms with Crippen molar-refractivity contribution < 1.29 is 18.3 Å². The number of hydrogen-bond acceptors (Lipinski definition) is 4. The van der Waals surface area contributed by atoms with Gasteiger partial charge in [-0.1, -0.05) is 18.2 Å². The lowest BCUT2D eigenvalue weighted by atomic mass is 10.00. The maximum absolute atomic E-state index is 13.4. The summed E-state index contributed by atoms with van der Waals surface area (Å²) >= 11 is 0. The summed E-state index contributed by atoms with van der Waals surface area (Å²) in [6.45, 7) is 3.15. The summed E-state index contributed by atoms with van der Waals surface area (Å²) in [4.78, 5) is 11.0. The SMILES string of the molecule is Cc1c(S(=O)(=O)N2CCCC(CNCC(=O)O)C2)c2ccccc2n1C.Cl. The number of carbonyl (C=O) groups is 1. The number of piperidine rings is 1. The Labute approximate surface area is 165 Å². The molecule has 0 spiro atoms. The first kappa shape index (κ1) is 21.7. The molecule has 0 saturated carbocycles. The highest BCUT2D eigenvalue weighted by molar-refractivity contribution is 7.89. The van der Waals surface area contributed by atoms with E-state index in [4.69, 9.17) is 5.11 Å². The van der Waals surface area contributed by atoms with Gasteiger partial charge in [0.25, 0.3) is 0 Å². The summed E-state index contributed by atoms with van der Waals surface area (Å²) in [5, 5.41) is 12.4. The summed E-state index contributed by atoms with van der Waals surface area (Å²) in [5.41, 5.74) is 1.64. The van der Waals surface area contributed by atoms with Crippen LogP contribution in [0.25, 0.3) is 10.9 Å². The van der Waals surface area contributed by atoms with Crippen LogP contribution in [0.3, 0.4) is 0 Å². The number of sulfonamides is 1. The van der Waals surface area contributed by atoms with Gasteiger partial charge in [-0.3, -0.25) is 4.79 Å². The molecule has 0 amide bonds. The molecule has 1 saturated heterocycles. The van der Waals surface area contributed by atoms with Gasteiger partial charge in [0.05, 0.1) is 6.54 Å². The van der Waals surface area contributed by atoms with E-state index in [1.54, 1.807) is 4.31 Å². The first-order valence-electron chi connectivity index (χ1n) is 8.79. The van der Waals surface area contributed by atoms with Gasteiger partial charge < -0.3 is 15.0 Å². The van der Waals surface area contributed by atoms with Gasteiger partial charge in [0, 0.05) is 36.7 Å². The van der Waals surface area contributed by atoms with E-state index in [0.29, 0.717) is 24.5 Å². The Bertz CT molecular complexity index is 926. The van der Waals surface area contributed by atoms with Crippen LogP contribution >= 0.6 is 12.4 Å². The average Bonchev–Trinajstić information content (AvgIpc) is 2.87. The first-order valence-corrected chi connectivity index (χ1v) is 10.2. The number of hydrogen-bond donors (Lipinski definition) is 2. The fraction of sp³-hybridized carbons (Fsp3) is 0.500. The van der Waals surface area contributed by atoms with E-state index in [1.807, 2.05) is 42.8 Å². The van der Waals surface area contributed by atoms with Gasteiger partial charge in [0.15, 0.2) is 0 Å². The smallest absolute Gasteiger partial charge is 0.317 e. The highest BCUT2D eigenvalue weighted by Crippen LogP contribution is 2.32. The Morgan fingerprint density at radius 1 is 1.33 bits per heavy atom. The molecule has 1 aromatic heterocycles. The van der Waals surface area contributed by atoms with Gasteiger partial charge in [0.2, 0.25) is 10.0 Å². The van der Waals surface area contributed by atoms with Crippen molar-refractivity contribution in [3.63, 3.8) is 0 Å². The van der Waals surface area contributed by atoms with Gasteiger partial charge >= 0.3 is 5.97 Å². The molecule has 7 nitrogen and oxygen atoms in total. The van der Waals surface area contributed by atoms with Crippen molar-refractivity contribution >= 4 is 39.3 Å². The third-order valence-corrected chi connectivity index (χ3v) is 7.17. The zero-order valence-corrected chi connectivity index (χ0v) is 17.1. The monoisotopic (exact) mass is 415 g/mol. The number of carboxylic acid groups (broad SMARTS) is 1. The maximum Gasteiger partial charge on any atom is 0.317 e. The second-order valence-corrected chi connectivity index (χ2v) is 8.76. The first-order chi connectivity index (χ1) is 12.3. The largest absolute Gasteiger partial charge is 0.480 e. The summed E-state index contributed by atoms with van der Waals surface area (Å²) in [7, 11) is -1.72. The third-order valence-electron chi connectivity index (χ3n) is 5.13. The van der Waals surface area contributed by atoms with Crippen LogP contribution in [0, 0.1) is 12.8 Å².